The molecule has 2 fully saturated rings. The van der Waals surface area contributed by atoms with Gasteiger partial charge in [0.15, 0.2) is 6.54 Å². The van der Waals surface area contributed by atoms with Crippen molar-refractivity contribution in [3.8, 4) is 5.75 Å². The van der Waals surface area contributed by atoms with Crippen LogP contribution in [0.1, 0.15) is 5.56 Å². The number of quaternary nitrogens is 2. The number of nitrogens with one attached hydrogen (secondary N) is 2. The Kier molecular flexibility index (Phi) is 7.74. The van der Waals surface area contributed by atoms with Crippen LogP contribution in [0, 0.1) is 5.82 Å². The number of carbonyl (C=O) groups excluding carboxylic acids is 2. The summed E-state index contributed by atoms with van der Waals surface area (Å²) in [5.41, 5.74) is 0.877. The smallest absolute Gasteiger partial charge is 0.320 e. The number of rotatable bonds is 6. The van der Waals surface area contributed by atoms with Gasteiger partial charge in [0.05, 0.1) is 19.8 Å². The fraction of sp³-hybridized carbons (Fsp3) is 0.600. The second kappa shape index (κ2) is 10.3. The monoisotopic (exact) mass is 427 g/mol. The Morgan fingerprint density at radius 3 is 2.62 bits per heavy atom. The van der Waals surface area contributed by atoms with Crippen LogP contribution in [0.15, 0.2) is 18.2 Å². The number of halogens is 1. The molecule has 0 unspecified atom stereocenters. The van der Waals surface area contributed by atoms with E-state index in [0.717, 1.165) is 37.5 Å². The third kappa shape index (κ3) is 5.83. The van der Waals surface area contributed by atoms with Gasteiger partial charge in [-0.05, 0) is 18.2 Å². The quantitative estimate of drug-likeness (QED) is 0.527. The molecule has 9 heteroatoms. The number of carbonyl (C=O) groups is 2. The van der Waals surface area contributed by atoms with Crippen molar-refractivity contribution in [1.82, 2.24) is 4.90 Å². The topological polar surface area (TPSA) is 64.7 Å². The van der Waals surface area contributed by atoms with Crippen LogP contribution >= 0.6 is 11.8 Å². The molecular weight excluding hydrogens is 397 g/mol. The minimum atomic E-state index is -0.282. The highest BCUT2D eigenvalue weighted by Gasteiger charge is 2.32. The molecule has 1 aromatic carbocycles. The molecule has 2 heterocycles. The zero-order valence-electron chi connectivity index (χ0n) is 17.0. The number of amides is 1. The van der Waals surface area contributed by atoms with Gasteiger partial charge in [-0.2, -0.15) is 0 Å². The predicted molar refractivity (Wildman–Crippen MR) is 108 cm³/mol. The normalized spacial score (nSPS) is 24.8. The molecule has 2 N–H and O–H groups in total. The standard InChI is InChI=1S/C20H28FN3O4S/c1-27-17-4-3-16(21)11-15(17)12-22-5-7-23(8-6-22)14-19(25)24-9-10-29-18(13-24)20(26)28-2/h3-4,11,18H,5-10,12-14H2,1-2H3/p+2/t18-/m1/s1. The molecule has 29 heavy (non-hydrogen) atoms. The number of hydrogen-bond donors (Lipinski definition) is 2. The third-order valence-corrected chi connectivity index (χ3v) is 6.79. The van der Waals surface area contributed by atoms with Crippen LogP contribution in [0.3, 0.4) is 0 Å². The molecule has 0 aromatic heterocycles. The fourth-order valence-corrected chi connectivity index (χ4v) is 5.07. The first kappa shape index (κ1) is 21.9. The van der Waals surface area contributed by atoms with Crippen molar-refractivity contribution in [3.63, 3.8) is 0 Å². The number of thioether (sulfide) groups is 1. The van der Waals surface area contributed by atoms with E-state index in [0.29, 0.717) is 31.9 Å². The van der Waals surface area contributed by atoms with Crippen LogP contribution in [0.2, 0.25) is 0 Å². The molecule has 0 saturated carbocycles. The minimum Gasteiger partial charge on any atom is -0.496 e. The first-order valence-corrected chi connectivity index (χ1v) is 11.0. The number of benzene rings is 1. The fourth-order valence-electron chi connectivity index (χ4n) is 3.94. The van der Waals surface area contributed by atoms with Crippen LogP contribution < -0.4 is 14.5 Å². The maximum absolute atomic E-state index is 13.6. The summed E-state index contributed by atoms with van der Waals surface area (Å²) in [7, 11) is 2.98. The van der Waals surface area contributed by atoms with Crippen molar-refractivity contribution in [2.45, 2.75) is 11.8 Å². The lowest BCUT2D eigenvalue weighted by Crippen LogP contribution is -3.28. The lowest BCUT2D eigenvalue weighted by atomic mass is 10.1. The van der Waals surface area contributed by atoms with Crippen LogP contribution in [-0.2, 0) is 20.9 Å². The molecule has 3 rings (SSSR count). The van der Waals surface area contributed by atoms with E-state index in [9.17, 15) is 14.0 Å². The summed E-state index contributed by atoms with van der Waals surface area (Å²) in [5, 5.41) is -0.282. The van der Waals surface area contributed by atoms with E-state index in [1.165, 1.54) is 23.0 Å². The Morgan fingerprint density at radius 1 is 1.21 bits per heavy atom. The van der Waals surface area contributed by atoms with E-state index in [1.54, 1.807) is 35.9 Å². The van der Waals surface area contributed by atoms with Crippen molar-refractivity contribution >= 4 is 23.6 Å². The Morgan fingerprint density at radius 2 is 1.93 bits per heavy atom. The lowest BCUT2D eigenvalue weighted by molar-refractivity contribution is -1.02. The number of ether oxygens (including phenoxy) is 2. The highest BCUT2D eigenvalue weighted by Crippen LogP contribution is 2.20. The summed E-state index contributed by atoms with van der Waals surface area (Å²) in [5.74, 6) is 1.06. The largest absolute Gasteiger partial charge is 0.496 e. The van der Waals surface area contributed by atoms with Gasteiger partial charge in [0, 0.05) is 18.8 Å². The minimum absolute atomic E-state index is 0.101. The van der Waals surface area contributed by atoms with Gasteiger partial charge in [-0.3, -0.25) is 9.59 Å². The molecule has 0 bridgehead atoms. The highest BCUT2D eigenvalue weighted by atomic mass is 32.2. The van der Waals surface area contributed by atoms with Crippen molar-refractivity contribution in [2.24, 2.45) is 0 Å². The average molecular weight is 428 g/mol. The molecule has 2 aliphatic heterocycles. The molecule has 1 atom stereocenters. The zero-order valence-corrected chi connectivity index (χ0v) is 17.9. The lowest BCUT2D eigenvalue weighted by Gasteiger charge is -2.33. The van der Waals surface area contributed by atoms with E-state index in [1.807, 2.05) is 0 Å². The summed E-state index contributed by atoms with van der Waals surface area (Å²) in [6.45, 7) is 5.90. The summed E-state index contributed by atoms with van der Waals surface area (Å²) in [6.07, 6.45) is 0. The van der Waals surface area contributed by atoms with E-state index >= 15 is 0 Å². The van der Waals surface area contributed by atoms with Crippen LogP contribution in [-0.4, -0.2) is 87.8 Å². The SMILES string of the molecule is COC(=O)[C@H]1CN(C(=O)C[NH+]2CC[NH+](Cc3cc(F)ccc3OC)CC2)CCS1. The van der Waals surface area contributed by atoms with E-state index in [4.69, 9.17) is 9.47 Å². The molecular formula is C20H30FN3O4S+2. The zero-order chi connectivity index (χ0) is 20.8. The number of nitrogens with zero attached hydrogens (tertiary/aromatic N) is 1. The van der Waals surface area contributed by atoms with Gasteiger partial charge in [0.1, 0.15) is 49.5 Å². The number of piperazine rings is 1. The second-order valence-electron chi connectivity index (χ2n) is 7.53. The van der Waals surface area contributed by atoms with Gasteiger partial charge in [-0.25, -0.2) is 4.39 Å². The Labute approximate surface area is 175 Å². The molecule has 0 spiro atoms. The Bertz CT molecular complexity index is 728. The molecule has 0 aliphatic carbocycles. The number of esters is 1. The van der Waals surface area contributed by atoms with Crippen LogP contribution in [0.25, 0.3) is 0 Å². The average Bonchev–Trinajstić information content (AvgIpc) is 2.75. The van der Waals surface area contributed by atoms with E-state index in [2.05, 4.69) is 0 Å². The van der Waals surface area contributed by atoms with Gasteiger partial charge in [0.25, 0.3) is 5.91 Å². The molecule has 1 aromatic rings. The molecule has 1 amide bonds. The molecule has 2 aliphatic rings. The first-order chi connectivity index (χ1) is 14.0. The van der Waals surface area contributed by atoms with E-state index < -0.39 is 0 Å². The molecule has 7 nitrogen and oxygen atoms in total. The maximum Gasteiger partial charge on any atom is 0.320 e. The van der Waals surface area contributed by atoms with Gasteiger partial charge >= 0.3 is 5.97 Å². The van der Waals surface area contributed by atoms with Gasteiger partial charge in [0.2, 0.25) is 0 Å². The van der Waals surface area contributed by atoms with Crippen molar-refractivity contribution in [1.29, 1.82) is 0 Å². The number of methoxy groups -OCH3 is 2. The summed E-state index contributed by atoms with van der Waals surface area (Å²) >= 11 is 1.55. The van der Waals surface area contributed by atoms with Crippen LogP contribution in [0.4, 0.5) is 4.39 Å². The van der Waals surface area contributed by atoms with Crippen molar-refractivity contribution in [3.05, 3.63) is 29.6 Å². The van der Waals surface area contributed by atoms with Gasteiger partial charge in [-0.1, -0.05) is 0 Å². The summed E-state index contributed by atoms with van der Waals surface area (Å²) in [6, 6.07) is 4.62. The first-order valence-electron chi connectivity index (χ1n) is 9.97. The predicted octanol–water partition coefficient (Wildman–Crippen LogP) is -1.77. The second-order valence-corrected chi connectivity index (χ2v) is 8.84. The number of hydrogen-bond acceptors (Lipinski definition) is 5. The third-order valence-electron chi connectivity index (χ3n) is 5.63. The van der Waals surface area contributed by atoms with E-state index in [-0.39, 0.29) is 22.9 Å². The Balaban J connectivity index is 1.47. The summed E-state index contributed by atoms with van der Waals surface area (Å²) in [4.78, 5) is 28.9. The molecule has 160 valence electrons. The maximum atomic E-state index is 13.6. The van der Waals surface area contributed by atoms with Crippen LogP contribution in [0.5, 0.6) is 5.75 Å². The van der Waals surface area contributed by atoms with Gasteiger partial charge in [-0.15, -0.1) is 11.8 Å². The Hall–Kier alpha value is -1.84. The van der Waals surface area contributed by atoms with Gasteiger partial charge < -0.3 is 24.2 Å². The highest BCUT2D eigenvalue weighted by molar-refractivity contribution is 8.00. The van der Waals surface area contributed by atoms with Crippen molar-refractivity contribution < 1.29 is 33.3 Å². The van der Waals surface area contributed by atoms with Crippen molar-refractivity contribution in [2.75, 3.05) is 65.8 Å². The summed E-state index contributed by atoms with van der Waals surface area (Å²) < 4.78 is 23.7. The molecule has 0 radical (unpaired) electrons. The molecule has 2 saturated heterocycles.